The lowest BCUT2D eigenvalue weighted by molar-refractivity contribution is -0.167. The highest BCUT2D eigenvalue weighted by Gasteiger charge is 2.19. The summed E-state index contributed by atoms with van der Waals surface area (Å²) in [5, 5.41) is 0. The molecule has 0 saturated heterocycles. The molecule has 0 unspecified atom stereocenters. The van der Waals surface area contributed by atoms with Gasteiger partial charge in [-0.3, -0.25) is 14.4 Å². The average Bonchev–Trinajstić information content (AvgIpc) is 3.43. The van der Waals surface area contributed by atoms with Crippen molar-refractivity contribution >= 4 is 17.9 Å². The third-order valence-corrected chi connectivity index (χ3v) is 14.7. The molecule has 0 heterocycles. The summed E-state index contributed by atoms with van der Waals surface area (Å²) in [4.78, 5) is 38.4. The zero-order chi connectivity index (χ0) is 55.7. The van der Waals surface area contributed by atoms with Crippen LogP contribution in [0.25, 0.3) is 0 Å². The van der Waals surface area contributed by atoms with Crippen molar-refractivity contribution in [2.75, 3.05) is 13.2 Å². The number of hydrogen-bond donors (Lipinski definition) is 0. The van der Waals surface area contributed by atoms with Crippen LogP contribution in [0.2, 0.25) is 0 Å². The van der Waals surface area contributed by atoms with Gasteiger partial charge in [0.05, 0.1) is 0 Å². The third-order valence-electron chi connectivity index (χ3n) is 14.7. The smallest absolute Gasteiger partial charge is 0.306 e. The number of ether oxygens (including phenoxy) is 3. The van der Waals surface area contributed by atoms with Gasteiger partial charge in [0.25, 0.3) is 0 Å². The Hall–Kier alpha value is -3.15. The Labute approximate surface area is 478 Å². The SMILES string of the molecule is CC/C=C\C/C=C\C/C=C\C/C=C\C/C=C\CCCCCC(=O)O[C@H](COC(=O)CCCCCCCCCCCCC/C=C\CCCCCCCC)COC(=O)CCCCCCCCCCCCCCCCCCCCC. The normalized spacial score (nSPS) is 12.5. The molecule has 6 heteroatoms. The van der Waals surface area contributed by atoms with E-state index in [0.29, 0.717) is 19.3 Å². The summed E-state index contributed by atoms with van der Waals surface area (Å²) in [6, 6.07) is 0. The molecule has 6 nitrogen and oxygen atoms in total. The van der Waals surface area contributed by atoms with E-state index in [2.05, 4.69) is 93.7 Å². The number of carbonyl (C=O) groups is 3. The highest BCUT2D eigenvalue weighted by atomic mass is 16.6. The molecule has 0 aliphatic rings. The Bertz CT molecular complexity index is 1420. The van der Waals surface area contributed by atoms with Crippen LogP contribution in [0.15, 0.2) is 72.9 Å². The second-order valence-electron chi connectivity index (χ2n) is 22.4. The lowest BCUT2D eigenvalue weighted by atomic mass is 10.0. The van der Waals surface area contributed by atoms with Gasteiger partial charge in [0.1, 0.15) is 13.2 Å². The second-order valence-corrected chi connectivity index (χ2v) is 22.4. The zero-order valence-electron chi connectivity index (χ0n) is 51.2. The monoisotopic (exact) mass is 1070 g/mol. The standard InChI is InChI=1S/C71H126O6/c1-4-7-10-13-16-19-22-25-28-31-34-35-38-40-43-46-49-52-55-58-61-64-70(73)76-67-68(77-71(74)65-62-59-56-53-50-47-44-41-37-33-30-27-24-21-18-15-12-9-6-3)66-75-69(72)63-60-57-54-51-48-45-42-39-36-32-29-26-23-20-17-14-11-8-5-2/h9,12,18,21,25,27-28,30,37,41,47,50,68H,4-8,10-11,13-17,19-20,22-24,26,29,31-36,38-40,42-46,48-49,51-67H2,1-3H3/b12-9-,21-18-,28-25-,30-27-,41-37-,50-47-/t68-/m0/s1. The predicted molar refractivity (Wildman–Crippen MR) is 335 cm³/mol. The van der Waals surface area contributed by atoms with Crippen molar-refractivity contribution < 1.29 is 28.6 Å². The molecule has 1 atom stereocenters. The van der Waals surface area contributed by atoms with Crippen LogP contribution in [0, 0.1) is 0 Å². The Balaban J connectivity index is 4.39. The van der Waals surface area contributed by atoms with E-state index in [1.165, 1.54) is 205 Å². The molecule has 0 aliphatic heterocycles. The van der Waals surface area contributed by atoms with Crippen LogP contribution in [0.5, 0.6) is 0 Å². The Morgan fingerprint density at radius 2 is 0.506 bits per heavy atom. The van der Waals surface area contributed by atoms with Crippen molar-refractivity contribution in [3.05, 3.63) is 72.9 Å². The van der Waals surface area contributed by atoms with Crippen LogP contribution in [0.3, 0.4) is 0 Å². The van der Waals surface area contributed by atoms with Crippen molar-refractivity contribution in [1.82, 2.24) is 0 Å². The summed E-state index contributed by atoms with van der Waals surface area (Å²) in [5.74, 6) is -0.899. The molecule has 0 rings (SSSR count). The maximum atomic E-state index is 12.9. The first-order chi connectivity index (χ1) is 38.0. The number of carbonyl (C=O) groups excluding carboxylic acids is 3. The highest BCUT2D eigenvalue weighted by Crippen LogP contribution is 2.17. The van der Waals surface area contributed by atoms with Crippen molar-refractivity contribution in [3.63, 3.8) is 0 Å². The minimum Gasteiger partial charge on any atom is -0.462 e. The van der Waals surface area contributed by atoms with E-state index in [1.807, 2.05) is 0 Å². The first-order valence-electron chi connectivity index (χ1n) is 33.4. The summed E-state index contributed by atoms with van der Waals surface area (Å²) in [7, 11) is 0. The third kappa shape index (κ3) is 63.6. The topological polar surface area (TPSA) is 78.9 Å². The second kappa shape index (κ2) is 65.4. The largest absolute Gasteiger partial charge is 0.462 e. The van der Waals surface area contributed by atoms with Gasteiger partial charge in [0.2, 0.25) is 0 Å². The van der Waals surface area contributed by atoms with Gasteiger partial charge in [-0.25, -0.2) is 0 Å². The van der Waals surface area contributed by atoms with Crippen molar-refractivity contribution in [1.29, 1.82) is 0 Å². The Kier molecular flexibility index (Phi) is 62.7. The van der Waals surface area contributed by atoms with E-state index in [0.717, 1.165) is 96.3 Å². The van der Waals surface area contributed by atoms with Gasteiger partial charge >= 0.3 is 17.9 Å². The number of esters is 3. The quantitative estimate of drug-likeness (QED) is 0.0261. The van der Waals surface area contributed by atoms with Gasteiger partial charge in [-0.2, -0.15) is 0 Å². The summed E-state index contributed by atoms with van der Waals surface area (Å²) in [6.07, 6.45) is 84.8. The molecule has 0 bridgehead atoms. The van der Waals surface area contributed by atoms with Crippen LogP contribution in [-0.2, 0) is 28.6 Å². The van der Waals surface area contributed by atoms with Gasteiger partial charge in [-0.05, 0) is 89.9 Å². The molecule has 0 aromatic carbocycles. The predicted octanol–water partition coefficient (Wildman–Crippen LogP) is 22.9. The van der Waals surface area contributed by atoms with Crippen LogP contribution < -0.4 is 0 Å². The fourth-order valence-corrected chi connectivity index (χ4v) is 9.70. The first-order valence-corrected chi connectivity index (χ1v) is 33.4. The fraction of sp³-hybridized carbons (Fsp3) is 0.789. The van der Waals surface area contributed by atoms with Gasteiger partial charge in [-0.15, -0.1) is 0 Å². The molecule has 0 radical (unpaired) electrons. The van der Waals surface area contributed by atoms with E-state index < -0.39 is 6.10 Å². The molecule has 0 N–H and O–H groups in total. The summed E-state index contributed by atoms with van der Waals surface area (Å²) in [5.41, 5.74) is 0. The van der Waals surface area contributed by atoms with Crippen LogP contribution in [-0.4, -0.2) is 37.2 Å². The van der Waals surface area contributed by atoms with E-state index in [4.69, 9.17) is 14.2 Å². The van der Waals surface area contributed by atoms with Crippen molar-refractivity contribution in [2.24, 2.45) is 0 Å². The molecule has 0 aromatic rings. The molecular weight excluding hydrogens is 949 g/mol. The molecular formula is C71H126O6. The first kappa shape index (κ1) is 73.8. The van der Waals surface area contributed by atoms with Crippen molar-refractivity contribution in [3.8, 4) is 0 Å². The lowest BCUT2D eigenvalue weighted by Crippen LogP contribution is -2.30. The van der Waals surface area contributed by atoms with Gasteiger partial charge in [0, 0.05) is 19.3 Å². The minimum atomic E-state index is -0.793. The van der Waals surface area contributed by atoms with Gasteiger partial charge in [0.15, 0.2) is 6.10 Å². The number of hydrogen-bond acceptors (Lipinski definition) is 6. The van der Waals surface area contributed by atoms with Crippen molar-refractivity contribution in [2.45, 2.75) is 348 Å². The van der Waals surface area contributed by atoms with E-state index >= 15 is 0 Å². The maximum Gasteiger partial charge on any atom is 0.306 e. The highest BCUT2D eigenvalue weighted by molar-refractivity contribution is 5.71. The van der Waals surface area contributed by atoms with E-state index in [-0.39, 0.29) is 31.1 Å². The number of unbranched alkanes of at least 4 members (excludes halogenated alkanes) is 38. The minimum absolute atomic E-state index is 0.0856. The van der Waals surface area contributed by atoms with E-state index in [9.17, 15) is 14.4 Å². The molecule has 0 spiro atoms. The molecule has 0 amide bonds. The average molecular weight is 1080 g/mol. The van der Waals surface area contributed by atoms with Crippen LogP contribution in [0.1, 0.15) is 342 Å². The summed E-state index contributed by atoms with van der Waals surface area (Å²) < 4.78 is 17.0. The number of rotatable bonds is 61. The van der Waals surface area contributed by atoms with Gasteiger partial charge < -0.3 is 14.2 Å². The van der Waals surface area contributed by atoms with Crippen LogP contribution >= 0.6 is 0 Å². The lowest BCUT2D eigenvalue weighted by Gasteiger charge is -2.18. The Morgan fingerprint density at radius 3 is 0.818 bits per heavy atom. The molecule has 77 heavy (non-hydrogen) atoms. The van der Waals surface area contributed by atoms with Crippen LogP contribution in [0.4, 0.5) is 0 Å². The molecule has 0 saturated carbocycles. The summed E-state index contributed by atoms with van der Waals surface area (Å²) >= 11 is 0. The zero-order valence-corrected chi connectivity index (χ0v) is 51.2. The van der Waals surface area contributed by atoms with Gasteiger partial charge in [-0.1, -0.05) is 306 Å². The maximum absolute atomic E-state index is 12.9. The molecule has 0 aliphatic carbocycles. The number of allylic oxidation sites excluding steroid dienone is 12. The van der Waals surface area contributed by atoms with E-state index in [1.54, 1.807) is 0 Å². The molecule has 0 aromatic heterocycles. The molecule has 446 valence electrons. The Morgan fingerprint density at radius 1 is 0.273 bits per heavy atom. The fourth-order valence-electron chi connectivity index (χ4n) is 9.70. The summed E-state index contributed by atoms with van der Waals surface area (Å²) in [6.45, 7) is 6.55. The molecule has 0 fully saturated rings.